The zero-order valence-electron chi connectivity index (χ0n) is 23.2. The Balaban J connectivity index is 1.49. The molecule has 40 heavy (non-hydrogen) atoms. The minimum Gasteiger partial charge on any atom is -0.341 e. The number of aromatic nitrogens is 3. The summed E-state index contributed by atoms with van der Waals surface area (Å²) in [6.45, 7) is 1.77. The molecule has 1 saturated carbocycles. The number of carbonyl (C=O) groups excluding carboxylic acids is 1. The molecule has 6 rings (SSSR count). The summed E-state index contributed by atoms with van der Waals surface area (Å²) in [6, 6.07) is 14.6. The predicted octanol–water partition coefficient (Wildman–Crippen LogP) is 5.91. The molecule has 0 bridgehead atoms. The van der Waals surface area contributed by atoms with Crippen LogP contribution in [0.4, 0.5) is 0 Å². The molecule has 4 aromatic rings. The molecule has 1 aliphatic carbocycles. The van der Waals surface area contributed by atoms with E-state index in [4.69, 9.17) is 16.1 Å². The van der Waals surface area contributed by atoms with Crippen molar-refractivity contribution in [1.29, 1.82) is 0 Å². The fraction of sp³-hybridized carbons (Fsp3) is 0.452. The van der Waals surface area contributed by atoms with Crippen LogP contribution in [0.3, 0.4) is 0 Å². The lowest BCUT2D eigenvalue weighted by molar-refractivity contribution is -0.133. The standard InChI is InChI=1S/C31H36ClN5O3/c1-35(2)24-14-16-36(17-15-24)27(38)19-37-26-18-22(30-33-31(39)40-34-30)10-13-25(26)28(20-6-4-3-5-7-20)29(37)21-8-11-23(32)12-9-21/h8-13,18,20,24H,3-7,14-17,19H2,1-2H3,(H,33,34,39). The van der Waals surface area contributed by atoms with Gasteiger partial charge in [0.15, 0.2) is 5.82 Å². The summed E-state index contributed by atoms with van der Waals surface area (Å²) < 4.78 is 6.98. The van der Waals surface area contributed by atoms with Crippen LogP contribution in [0, 0.1) is 0 Å². The van der Waals surface area contributed by atoms with Crippen molar-refractivity contribution in [3.63, 3.8) is 0 Å². The summed E-state index contributed by atoms with van der Waals surface area (Å²) >= 11 is 6.30. The Labute approximate surface area is 238 Å². The van der Waals surface area contributed by atoms with Crippen molar-refractivity contribution in [1.82, 2.24) is 24.5 Å². The second-order valence-electron chi connectivity index (χ2n) is 11.4. The van der Waals surface area contributed by atoms with E-state index in [1.54, 1.807) is 0 Å². The Hall–Kier alpha value is -3.36. The molecule has 1 amide bonds. The fourth-order valence-electron chi connectivity index (χ4n) is 6.63. The first-order chi connectivity index (χ1) is 19.4. The molecular weight excluding hydrogens is 526 g/mol. The Bertz CT molecular complexity index is 1550. The first kappa shape index (κ1) is 26.8. The van der Waals surface area contributed by atoms with Crippen molar-refractivity contribution in [3.8, 4) is 22.6 Å². The number of hydrogen-bond donors (Lipinski definition) is 1. The molecule has 1 N–H and O–H groups in total. The van der Waals surface area contributed by atoms with Gasteiger partial charge in [-0.2, -0.15) is 0 Å². The molecule has 0 unspecified atom stereocenters. The van der Waals surface area contributed by atoms with Gasteiger partial charge in [0.1, 0.15) is 6.54 Å². The number of benzene rings is 2. The normalized spacial score (nSPS) is 17.2. The summed E-state index contributed by atoms with van der Waals surface area (Å²) in [7, 11) is 4.22. The van der Waals surface area contributed by atoms with E-state index in [1.165, 1.54) is 24.8 Å². The average molecular weight is 562 g/mol. The zero-order valence-corrected chi connectivity index (χ0v) is 23.9. The number of fused-ring (bicyclic) bond motifs is 1. The van der Waals surface area contributed by atoms with Crippen molar-refractivity contribution >= 4 is 28.4 Å². The number of H-pyrrole nitrogens is 1. The van der Waals surface area contributed by atoms with Gasteiger partial charge in [-0.25, -0.2) is 4.79 Å². The van der Waals surface area contributed by atoms with Crippen LogP contribution in [0.2, 0.25) is 5.02 Å². The second kappa shape index (κ2) is 11.3. The molecule has 2 aliphatic rings. The van der Waals surface area contributed by atoms with Gasteiger partial charge in [0.05, 0.1) is 11.2 Å². The highest BCUT2D eigenvalue weighted by atomic mass is 35.5. The lowest BCUT2D eigenvalue weighted by Crippen LogP contribution is -2.45. The monoisotopic (exact) mass is 561 g/mol. The van der Waals surface area contributed by atoms with Crippen molar-refractivity contribution in [2.45, 2.75) is 63.5 Å². The van der Waals surface area contributed by atoms with E-state index < -0.39 is 5.76 Å². The maximum atomic E-state index is 13.9. The summed E-state index contributed by atoms with van der Waals surface area (Å²) in [5.41, 5.74) is 5.14. The number of halogens is 1. The summed E-state index contributed by atoms with van der Waals surface area (Å²) in [6.07, 6.45) is 7.88. The predicted molar refractivity (Wildman–Crippen MR) is 158 cm³/mol. The molecule has 2 fully saturated rings. The number of nitrogens with zero attached hydrogens (tertiary/aromatic N) is 4. The van der Waals surface area contributed by atoms with Crippen LogP contribution in [-0.2, 0) is 11.3 Å². The van der Waals surface area contributed by atoms with E-state index in [0.717, 1.165) is 66.5 Å². The van der Waals surface area contributed by atoms with Gasteiger partial charge in [-0.1, -0.05) is 60.3 Å². The fourth-order valence-corrected chi connectivity index (χ4v) is 6.76. The van der Waals surface area contributed by atoms with E-state index in [-0.39, 0.29) is 12.5 Å². The van der Waals surface area contributed by atoms with Gasteiger partial charge in [0, 0.05) is 35.1 Å². The highest BCUT2D eigenvalue weighted by molar-refractivity contribution is 6.30. The van der Waals surface area contributed by atoms with E-state index >= 15 is 0 Å². The molecule has 2 aromatic heterocycles. The maximum absolute atomic E-state index is 13.9. The van der Waals surface area contributed by atoms with Crippen molar-refractivity contribution < 1.29 is 9.32 Å². The van der Waals surface area contributed by atoms with Crippen LogP contribution >= 0.6 is 11.6 Å². The van der Waals surface area contributed by atoms with Gasteiger partial charge < -0.3 is 14.4 Å². The maximum Gasteiger partial charge on any atom is 0.439 e. The Morgan fingerprint density at radius 3 is 2.38 bits per heavy atom. The average Bonchev–Trinajstić information content (AvgIpc) is 3.55. The van der Waals surface area contributed by atoms with Crippen LogP contribution in [0.15, 0.2) is 51.8 Å². The number of amides is 1. The molecule has 2 aromatic carbocycles. The number of piperidine rings is 1. The SMILES string of the molecule is CN(C)C1CCN(C(=O)Cn2c(-c3ccc(Cl)cc3)c(C3CCCCC3)c3ccc(-c4noc(=O)[nH]4)cc32)CC1. The molecule has 0 radical (unpaired) electrons. The lowest BCUT2D eigenvalue weighted by atomic mass is 9.82. The highest BCUT2D eigenvalue weighted by Gasteiger charge is 2.30. The van der Waals surface area contributed by atoms with Gasteiger partial charge in [0.25, 0.3) is 0 Å². The number of likely N-dealkylation sites (tertiary alicyclic amines) is 1. The molecule has 210 valence electrons. The summed E-state index contributed by atoms with van der Waals surface area (Å²) in [5.74, 6) is 0.321. The topological polar surface area (TPSA) is 87.4 Å². The molecule has 1 aliphatic heterocycles. The number of hydrogen-bond acceptors (Lipinski definition) is 5. The van der Waals surface area contributed by atoms with Gasteiger partial charge in [-0.05, 0) is 75.0 Å². The van der Waals surface area contributed by atoms with Crippen LogP contribution in [-0.4, -0.2) is 63.6 Å². The quantitative estimate of drug-likeness (QED) is 0.316. The zero-order chi connectivity index (χ0) is 27.8. The van der Waals surface area contributed by atoms with Crippen LogP contribution < -0.4 is 5.76 Å². The number of rotatable bonds is 6. The molecule has 8 nitrogen and oxygen atoms in total. The minimum atomic E-state index is -0.591. The Kier molecular flexibility index (Phi) is 7.55. The number of carbonyl (C=O) groups is 1. The third-order valence-corrected chi connectivity index (χ3v) is 9.04. The van der Waals surface area contributed by atoms with Crippen molar-refractivity contribution in [3.05, 3.63) is 63.6 Å². The smallest absolute Gasteiger partial charge is 0.341 e. The van der Waals surface area contributed by atoms with Gasteiger partial charge in [-0.15, -0.1) is 0 Å². The lowest BCUT2D eigenvalue weighted by Gasteiger charge is -2.35. The van der Waals surface area contributed by atoms with Crippen LogP contribution in [0.5, 0.6) is 0 Å². The second-order valence-corrected chi connectivity index (χ2v) is 11.9. The first-order valence-corrected chi connectivity index (χ1v) is 14.7. The Morgan fingerprint density at radius 2 is 1.73 bits per heavy atom. The third-order valence-electron chi connectivity index (χ3n) is 8.79. The van der Waals surface area contributed by atoms with E-state index in [1.807, 2.05) is 29.2 Å². The van der Waals surface area contributed by atoms with E-state index in [2.05, 4.69) is 51.9 Å². The molecule has 1 saturated heterocycles. The molecule has 9 heteroatoms. The third kappa shape index (κ3) is 5.22. The molecular formula is C31H36ClN5O3. The Morgan fingerprint density at radius 1 is 1.02 bits per heavy atom. The van der Waals surface area contributed by atoms with Gasteiger partial charge in [0.2, 0.25) is 5.91 Å². The van der Waals surface area contributed by atoms with Crippen molar-refractivity contribution in [2.75, 3.05) is 27.2 Å². The molecule has 3 heterocycles. The largest absolute Gasteiger partial charge is 0.439 e. The number of aromatic amines is 1. The minimum absolute atomic E-state index is 0.125. The van der Waals surface area contributed by atoms with Gasteiger partial charge in [-0.3, -0.25) is 14.3 Å². The van der Waals surface area contributed by atoms with E-state index in [9.17, 15) is 9.59 Å². The molecule has 0 spiro atoms. The summed E-state index contributed by atoms with van der Waals surface area (Å²) in [5, 5.41) is 5.75. The van der Waals surface area contributed by atoms with Crippen LogP contribution in [0.1, 0.15) is 56.4 Å². The highest BCUT2D eigenvalue weighted by Crippen LogP contribution is 2.45. The van der Waals surface area contributed by atoms with Gasteiger partial charge >= 0.3 is 5.76 Å². The van der Waals surface area contributed by atoms with E-state index in [0.29, 0.717) is 22.8 Å². The number of nitrogens with one attached hydrogen (secondary N) is 1. The summed E-state index contributed by atoms with van der Waals surface area (Å²) in [4.78, 5) is 32.5. The van der Waals surface area contributed by atoms with Crippen molar-refractivity contribution in [2.24, 2.45) is 0 Å². The first-order valence-electron chi connectivity index (χ1n) is 14.3. The molecule has 0 atom stereocenters. The van der Waals surface area contributed by atoms with Crippen LogP contribution in [0.25, 0.3) is 33.5 Å².